The Kier molecular flexibility index (Phi) is 7.08. The van der Waals surface area contributed by atoms with E-state index in [0.717, 1.165) is 34.5 Å². The molecule has 2 aromatic heterocycles. The number of nitrogens with zero attached hydrogens (tertiary/aromatic N) is 3. The zero-order valence-electron chi connectivity index (χ0n) is 14.6. The number of aromatic amines is 1. The number of aromatic nitrogens is 4. The van der Waals surface area contributed by atoms with Crippen LogP contribution in [0.1, 0.15) is 16.8 Å². The van der Waals surface area contributed by atoms with Gasteiger partial charge in [0.25, 0.3) is 5.56 Å². The molecule has 7 nitrogen and oxygen atoms in total. The predicted molar refractivity (Wildman–Crippen MR) is 110 cm³/mol. The van der Waals surface area contributed by atoms with Crippen molar-refractivity contribution in [2.45, 2.75) is 12.2 Å². The monoisotopic (exact) mass is 423 g/mol. The van der Waals surface area contributed by atoms with Gasteiger partial charge in [-0.2, -0.15) is 20.5 Å². The smallest absolute Gasteiger partial charge is 0.255 e. The summed E-state index contributed by atoms with van der Waals surface area (Å²) >= 11 is 8.70. The first-order chi connectivity index (χ1) is 13.2. The predicted octanol–water partition coefficient (Wildman–Crippen LogP) is 3.22. The second-order valence-corrected chi connectivity index (χ2v) is 7.59. The van der Waals surface area contributed by atoms with Gasteiger partial charge in [-0.15, -0.1) is 0 Å². The molecular weight excluding hydrogens is 406 g/mol. The van der Waals surface area contributed by atoms with Crippen molar-refractivity contribution in [2.24, 2.45) is 0 Å². The Bertz CT molecular complexity index is 947. The molecule has 0 spiro atoms. The van der Waals surface area contributed by atoms with Crippen LogP contribution in [0.5, 0.6) is 5.75 Å². The van der Waals surface area contributed by atoms with Crippen LogP contribution in [0, 0.1) is 0 Å². The number of rotatable bonds is 9. The second-order valence-electron chi connectivity index (χ2n) is 5.60. The molecule has 10 heteroatoms. The highest BCUT2D eigenvalue weighted by molar-refractivity contribution is 7.98. The number of halogens is 1. The largest absolute Gasteiger partial charge is 0.497 e. The summed E-state index contributed by atoms with van der Waals surface area (Å²) in [6.45, 7) is 0.665. The molecule has 0 radical (unpaired) electrons. The van der Waals surface area contributed by atoms with Gasteiger partial charge in [0.15, 0.2) is 5.15 Å². The lowest BCUT2D eigenvalue weighted by molar-refractivity contribution is 0.414. The lowest BCUT2D eigenvalue weighted by Crippen LogP contribution is -2.18. The van der Waals surface area contributed by atoms with Gasteiger partial charge in [-0.1, -0.05) is 23.7 Å². The maximum Gasteiger partial charge on any atom is 0.255 e. The van der Waals surface area contributed by atoms with Gasteiger partial charge < -0.3 is 10.1 Å². The quantitative estimate of drug-likeness (QED) is 0.510. The molecule has 2 N–H and O–H groups in total. The normalized spacial score (nSPS) is 10.7. The van der Waals surface area contributed by atoms with Gasteiger partial charge in [0.1, 0.15) is 11.4 Å². The third-order valence-corrected chi connectivity index (χ3v) is 5.63. The number of hydrogen-bond donors (Lipinski definition) is 2. The third kappa shape index (κ3) is 5.69. The zero-order valence-corrected chi connectivity index (χ0v) is 17.0. The number of anilines is 1. The van der Waals surface area contributed by atoms with Crippen molar-refractivity contribution in [2.75, 3.05) is 24.7 Å². The van der Waals surface area contributed by atoms with Crippen LogP contribution in [-0.2, 0) is 12.2 Å². The third-order valence-electron chi connectivity index (χ3n) is 3.69. The van der Waals surface area contributed by atoms with E-state index in [1.807, 2.05) is 24.3 Å². The SMILES string of the molecule is COc1cccc(Cc2cnc(NCCSCc3nsnc3Cl)[nH]c2=O)c1. The summed E-state index contributed by atoms with van der Waals surface area (Å²) in [5.74, 6) is 2.76. The molecule has 0 aliphatic heterocycles. The van der Waals surface area contributed by atoms with Gasteiger partial charge >= 0.3 is 0 Å². The van der Waals surface area contributed by atoms with Gasteiger partial charge in [-0.3, -0.25) is 9.78 Å². The van der Waals surface area contributed by atoms with Gasteiger partial charge in [0.05, 0.1) is 18.8 Å². The van der Waals surface area contributed by atoms with Crippen LogP contribution in [0.3, 0.4) is 0 Å². The van der Waals surface area contributed by atoms with Crippen LogP contribution in [0.15, 0.2) is 35.3 Å². The molecule has 142 valence electrons. The van der Waals surface area contributed by atoms with Gasteiger partial charge in [-0.05, 0) is 17.7 Å². The number of thioether (sulfide) groups is 1. The zero-order chi connectivity index (χ0) is 19.1. The molecule has 27 heavy (non-hydrogen) atoms. The molecule has 3 aromatic rings. The van der Waals surface area contributed by atoms with E-state index in [9.17, 15) is 4.79 Å². The lowest BCUT2D eigenvalue weighted by atomic mass is 10.1. The highest BCUT2D eigenvalue weighted by Crippen LogP contribution is 2.18. The minimum absolute atomic E-state index is 0.150. The number of hydrogen-bond acceptors (Lipinski definition) is 8. The molecule has 0 aliphatic rings. The Balaban J connectivity index is 1.49. The molecule has 0 aliphatic carbocycles. The summed E-state index contributed by atoms with van der Waals surface area (Å²) in [6, 6.07) is 7.64. The summed E-state index contributed by atoms with van der Waals surface area (Å²) in [4.78, 5) is 19.3. The van der Waals surface area contributed by atoms with Crippen LogP contribution in [0.25, 0.3) is 0 Å². The number of benzene rings is 1. The van der Waals surface area contributed by atoms with Crippen molar-refractivity contribution < 1.29 is 4.74 Å². The van der Waals surface area contributed by atoms with Gasteiger partial charge in [-0.25, -0.2) is 4.98 Å². The number of H-pyrrole nitrogens is 1. The Morgan fingerprint density at radius 1 is 1.37 bits per heavy atom. The van der Waals surface area contributed by atoms with Crippen LogP contribution in [0.2, 0.25) is 5.15 Å². The van der Waals surface area contributed by atoms with Crippen molar-refractivity contribution in [3.05, 3.63) is 62.8 Å². The molecule has 2 heterocycles. The molecule has 1 aromatic carbocycles. The molecule has 3 rings (SSSR count). The average Bonchev–Trinajstić information content (AvgIpc) is 3.08. The summed E-state index contributed by atoms with van der Waals surface area (Å²) < 4.78 is 13.3. The molecule has 0 bridgehead atoms. The second kappa shape index (κ2) is 9.72. The van der Waals surface area contributed by atoms with Gasteiger partial charge in [0.2, 0.25) is 5.95 Å². The van der Waals surface area contributed by atoms with E-state index in [2.05, 4.69) is 24.0 Å². The van der Waals surface area contributed by atoms with E-state index >= 15 is 0 Å². The minimum Gasteiger partial charge on any atom is -0.497 e. The summed E-state index contributed by atoms with van der Waals surface area (Å²) in [6.07, 6.45) is 2.10. The standard InChI is InChI=1S/C17H18ClN5O2S2/c1-25-13-4-2-3-11(8-13)7-12-9-20-17(21-16(12)24)19-5-6-26-10-14-15(18)23-27-22-14/h2-4,8-9H,5-7,10H2,1H3,(H2,19,20,21,24). The first-order valence-corrected chi connectivity index (χ1v) is 10.4. The van der Waals surface area contributed by atoms with Gasteiger partial charge in [0, 0.05) is 36.2 Å². The molecule has 0 unspecified atom stereocenters. The number of methoxy groups -OCH3 is 1. The van der Waals surface area contributed by atoms with Crippen molar-refractivity contribution >= 4 is 41.0 Å². The Morgan fingerprint density at radius 2 is 2.26 bits per heavy atom. The van der Waals surface area contributed by atoms with E-state index < -0.39 is 0 Å². The van der Waals surface area contributed by atoms with Crippen LogP contribution < -0.4 is 15.6 Å². The van der Waals surface area contributed by atoms with Crippen molar-refractivity contribution in [3.63, 3.8) is 0 Å². The average molecular weight is 424 g/mol. The first-order valence-electron chi connectivity index (χ1n) is 8.15. The fourth-order valence-corrected chi connectivity index (χ4v) is 4.00. The van der Waals surface area contributed by atoms with Crippen LogP contribution >= 0.6 is 35.1 Å². The maximum absolute atomic E-state index is 12.3. The molecule has 0 saturated carbocycles. The fraction of sp³-hybridized carbons (Fsp3) is 0.294. The van der Waals surface area contributed by atoms with Crippen molar-refractivity contribution in [1.29, 1.82) is 0 Å². The molecule has 0 fully saturated rings. The molecular formula is C17H18ClN5O2S2. The van der Waals surface area contributed by atoms with Crippen LogP contribution in [-0.4, -0.2) is 38.1 Å². The Morgan fingerprint density at radius 3 is 3.00 bits per heavy atom. The van der Waals surface area contributed by atoms with E-state index in [1.54, 1.807) is 25.1 Å². The molecule has 0 saturated heterocycles. The van der Waals surface area contributed by atoms with Crippen molar-refractivity contribution in [1.82, 2.24) is 18.7 Å². The van der Waals surface area contributed by atoms with Crippen LogP contribution in [0.4, 0.5) is 5.95 Å². The summed E-state index contributed by atoms with van der Waals surface area (Å²) in [5, 5.41) is 3.59. The van der Waals surface area contributed by atoms with E-state index in [0.29, 0.717) is 35.4 Å². The van der Waals surface area contributed by atoms with Crippen molar-refractivity contribution in [3.8, 4) is 5.75 Å². The fourth-order valence-electron chi connectivity index (χ4n) is 2.33. The maximum atomic E-state index is 12.3. The molecule has 0 amide bonds. The highest BCUT2D eigenvalue weighted by Gasteiger charge is 2.06. The van der Waals surface area contributed by atoms with E-state index in [-0.39, 0.29) is 5.56 Å². The number of nitrogens with one attached hydrogen (secondary N) is 2. The lowest BCUT2D eigenvalue weighted by Gasteiger charge is -2.07. The van der Waals surface area contributed by atoms with E-state index in [4.69, 9.17) is 16.3 Å². The summed E-state index contributed by atoms with van der Waals surface area (Å²) in [7, 11) is 1.62. The summed E-state index contributed by atoms with van der Waals surface area (Å²) in [5.41, 5.74) is 2.26. The highest BCUT2D eigenvalue weighted by atomic mass is 35.5. The Labute approximate surface area is 169 Å². The number of ether oxygens (including phenoxy) is 1. The first kappa shape index (κ1) is 19.7. The topological polar surface area (TPSA) is 92.8 Å². The Hall–Kier alpha value is -2.10. The molecule has 0 atom stereocenters. The minimum atomic E-state index is -0.150. The van der Waals surface area contributed by atoms with E-state index in [1.165, 1.54) is 0 Å².